The molecule has 1 fully saturated rings. The SMILES string of the molecule is NCOc1cc2c(Oc3ccc(NC(=O)NC4CC4)c(F)c3)ccnc2cc1OCc1ccncc1. The zero-order valence-electron chi connectivity index (χ0n) is 19.2. The second kappa shape index (κ2) is 10.4. The molecule has 0 saturated heterocycles. The second-order valence-corrected chi connectivity index (χ2v) is 8.20. The van der Waals surface area contributed by atoms with Crippen molar-refractivity contribution in [1.82, 2.24) is 15.3 Å². The first-order valence-electron chi connectivity index (χ1n) is 11.4. The number of fused-ring (bicyclic) bond motifs is 1. The Labute approximate surface area is 206 Å². The van der Waals surface area contributed by atoms with Crippen LogP contribution in [0.5, 0.6) is 23.0 Å². The van der Waals surface area contributed by atoms with Crippen LogP contribution in [0.2, 0.25) is 0 Å². The largest absolute Gasteiger partial charge is 0.485 e. The minimum atomic E-state index is -0.615. The van der Waals surface area contributed by atoms with Gasteiger partial charge in [-0.05, 0) is 54.8 Å². The predicted octanol–water partition coefficient (Wildman–Crippen LogP) is 4.72. The molecular formula is C26H24FN5O4. The molecule has 4 N–H and O–H groups in total. The summed E-state index contributed by atoms with van der Waals surface area (Å²) < 4.78 is 32.1. The molecule has 36 heavy (non-hydrogen) atoms. The minimum Gasteiger partial charge on any atom is -0.485 e. The van der Waals surface area contributed by atoms with Crippen LogP contribution in [0.25, 0.3) is 10.9 Å². The normalized spacial score (nSPS) is 12.7. The lowest BCUT2D eigenvalue weighted by molar-refractivity contribution is 0.251. The molecule has 5 rings (SSSR count). The molecule has 184 valence electrons. The summed E-state index contributed by atoms with van der Waals surface area (Å²) in [5, 5.41) is 5.90. The number of anilines is 1. The fourth-order valence-electron chi connectivity index (χ4n) is 3.53. The molecular weight excluding hydrogens is 465 g/mol. The van der Waals surface area contributed by atoms with Crippen molar-refractivity contribution in [3.63, 3.8) is 0 Å². The molecule has 1 aliphatic rings. The lowest BCUT2D eigenvalue weighted by Gasteiger charge is -2.15. The first-order valence-corrected chi connectivity index (χ1v) is 11.4. The maximum absolute atomic E-state index is 14.6. The maximum Gasteiger partial charge on any atom is 0.319 e. The van der Waals surface area contributed by atoms with Gasteiger partial charge in [0.15, 0.2) is 11.5 Å². The zero-order valence-corrected chi connectivity index (χ0v) is 19.2. The molecule has 2 aromatic carbocycles. The highest BCUT2D eigenvalue weighted by atomic mass is 19.1. The average Bonchev–Trinajstić information content (AvgIpc) is 3.69. The molecule has 0 spiro atoms. The number of carbonyl (C=O) groups is 1. The van der Waals surface area contributed by atoms with Gasteiger partial charge < -0.3 is 24.8 Å². The number of rotatable bonds is 9. The summed E-state index contributed by atoms with van der Waals surface area (Å²) in [6.45, 7) is 0.255. The molecule has 0 unspecified atom stereocenters. The van der Waals surface area contributed by atoms with E-state index in [0.717, 1.165) is 18.4 Å². The van der Waals surface area contributed by atoms with Crippen LogP contribution in [0, 0.1) is 5.82 Å². The summed E-state index contributed by atoms with van der Waals surface area (Å²) in [6, 6.07) is 12.8. The van der Waals surface area contributed by atoms with Gasteiger partial charge in [-0.2, -0.15) is 0 Å². The lowest BCUT2D eigenvalue weighted by atomic mass is 10.1. The standard InChI is InChI=1S/C26H24FN5O4/c27-20-11-18(3-4-21(20)32-26(33)31-17-1-2-17)36-23-7-10-30-22-13-25(24(35-15-28)12-19(22)23)34-14-16-5-8-29-9-6-16/h3-13,17H,1-2,14-15,28H2,(H2,31,32,33). The minimum absolute atomic E-state index is 0.0540. The number of halogens is 1. The van der Waals surface area contributed by atoms with E-state index in [1.54, 1.807) is 42.9 Å². The summed E-state index contributed by atoms with van der Waals surface area (Å²) in [6.07, 6.45) is 6.85. The highest BCUT2D eigenvalue weighted by Gasteiger charge is 2.23. The van der Waals surface area contributed by atoms with E-state index >= 15 is 0 Å². The number of ether oxygens (including phenoxy) is 3. The van der Waals surface area contributed by atoms with Crippen LogP contribution >= 0.6 is 0 Å². The Morgan fingerprint density at radius 3 is 2.56 bits per heavy atom. The molecule has 10 heteroatoms. The smallest absolute Gasteiger partial charge is 0.319 e. The fraction of sp³-hybridized carbons (Fsp3) is 0.192. The number of hydrogen-bond donors (Lipinski definition) is 3. The van der Waals surface area contributed by atoms with Gasteiger partial charge in [-0.1, -0.05) is 0 Å². The van der Waals surface area contributed by atoms with Gasteiger partial charge in [-0.3, -0.25) is 15.7 Å². The Kier molecular flexibility index (Phi) is 6.76. The number of urea groups is 1. The van der Waals surface area contributed by atoms with Crippen LogP contribution in [0.1, 0.15) is 18.4 Å². The first kappa shape index (κ1) is 23.3. The monoisotopic (exact) mass is 489 g/mol. The number of pyridine rings is 2. The number of nitrogens with one attached hydrogen (secondary N) is 2. The van der Waals surface area contributed by atoms with Gasteiger partial charge in [0.2, 0.25) is 0 Å². The second-order valence-electron chi connectivity index (χ2n) is 8.20. The number of nitrogens with two attached hydrogens (primary N) is 1. The third-order valence-electron chi connectivity index (χ3n) is 5.48. The number of hydrogen-bond acceptors (Lipinski definition) is 7. The van der Waals surface area contributed by atoms with Crippen LogP contribution in [0.4, 0.5) is 14.9 Å². The quantitative estimate of drug-likeness (QED) is 0.291. The van der Waals surface area contributed by atoms with Gasteiger partial charge >= 0.3 is 6.03 Å². The summed E-state index contributed by atoms with van der Waals surface area (Å²) >= 11 is 0. The Morgan fingerprint density at radius 2 is 1.81 bits per heavy atom. The maximum atomic E-state index is 14.6. The molecule has 0 atom stereocenters. The van der Waals surface area contributed by atoms with Crippen molar-refractivity contribution in [3.05, 3.63) is 78.5 Å². The van der Waals surface area contributed by atoms with E-state index in [4.69, 9.17) is 19.9 Å². The van der Waals surface area contributed by atoms with E-state index < -0.39 is 11.8 Å². The van der Waals surface area contributed by atoms with Crippen LogP contribution < -0.4 is 30.6 Å². The fourth-order valence-corrected chi connectivity index (χ4v) is 3.53. The highest BCUT2D eigenvalue weighted by molar-refractivity contribution is 5.90. The van der Waals surface area contributed by atoms with Crippen LogP contribution in [-0.4, -0.2) is 28.8 Å². The summed E-state index contributed by atoms with van der Waals surface area (Å²) in [5.74, 6) is 0.974. The van der Waals surface area contributed by atoms with Gasteiger partial charge in [-0.25, -0.2) is 9.18 Å². The Hall–Kier alpha value is -4.44. The van der Waals surface area contributed by atoms with Crippen molar-refractivity contribution in [1.29, 1.82) is 0 Å². The number of aromatic nitrogens is 2. The average molecular weight is 490 g/mol. The predicted molar refractivity (Wildman–Crippen MR) is 132 cm³/mol. The summed E-state index contributed by atoms with van der Waals surface area (Å²) in [7, 11) is 0. The number of amides is 2. The molecule has 2 aromatic heterocycles. The number of nitrogens with zero attached hydrogens (tertiary/aromatic N) is 2. The molecule has 9 nitrogen and oxygen atoms in total. The van der Waals surface area contributed by atoms with E-state index in [-0.39, 0.29) is 24.2 Å². The van der Waals surface area contributed by atoms with Crippen molar-refractivity contribution in [2.24, 2.45) is 5.73 Å². The van der Waals surface area contributed by atoms with Gasteiger partial charge in [0.05, 0.1) is 11.2 Å². The Balaban J connectivity index is 1.37. The third-order valence-corrected chi connectivity index (χ3v) is 5.48. The molecule has 2 heterocycles. The summed E-state index contributed by atoms with van der Waals surface area (Å²) in [4.78, 5) is 20.3. The third kappa shape index (κ3) is 5.61. The van der Waals surface area contributed by atoms with Crippen molar-refractivity contribution in [3.8, 4) is 23.0 Å². The van der Waals surface area contributed by atoms with E-state index in [0.29, 0.717) is 34.8 Å². The van der Waals surface area contributed by atoms with Gasteiger partial charge in [0, 0.05) is 42.2 Å². The number of carbonyl (C=O) groups excluding carboxylic acids is 1. The molecule has 1 aliphatic carbocycles. The van der Waals surface area contributed by atoms with Gasteiger partial charge in [0.25, 0.3) is 0 Å². The number of benzene rings is 2. The van der Waals surface area contributed by atoms with Crippen molar-refractivity contribution < 1.29 is 23.4 Å². The molecule has 0 bridgehead atoms. The van der Waals surface area contributed by atoms with E-state index in [1.807, 2.05) is 12.1 Å². The van der Waals surface area contributed by atoms with Crippen LogP contribution in [0.3, 0.4) is 0 Å². The van der Waals surface area contributed by atoms with Crippen LogP contribution in [0.15, 0.2) is 67.1 Å². The van der Waals surface area contributed by atoms with Gasteiger partial charge in [0.1, 0.15) is 30.7 Å². The molecule has 4 aromatic rings. The summed E-state index contributed by atoms with van der Waals surface area (Å²) in [5.41, 5.74) is 7.23. The first-order chi connectivity index (χ1) is 17.6. The van der Waals surface area contributed by atoms with Gasteiger partial charge in [-0.15, -0.1) is 0 Å². The van der Waals surface area contributed by atoms with Crippen molar-refractivity contribution in [2.75, 3.05) is 12.0 Å². The molecule has 1 saturated carbocycles. The lowest BCUT2D eigenvalue weighted by Crippen LogP contribution is -2.30. The molecule has 0 radical (unpaired) electrons. The molecule has 0 aliphatic heterocycles. The van der Waals surface area contributed by atoms with Crippen LogP contribution in [-0.2, 0) is 6.61 Å². The Morgan fingerprint density at radius 1 is 1.00 bits per heavy atom. The van der Waals surface area contributed by atoms with E-state index in [2.05, 4.69) is 20.6 Å². The zero-order chi connectivity index (χ0) is 24.9. The topological polar surface area (TPSA) is 121 Å². The van der Waals surface area contributed by atoms with E-state index in [9.17, 15) is 9.18 Å². The van der Waals surface area contributed by atoms with E-state index in [1.165, 1.54) is 12.1 Å². The van der Waals surface area contributed by atoms with Crippen molar-refractivity contribution >= 4 is 22.6 Å². The van der Waals surface area contributed by atoms with Crippen molar-refractivity contribution in [2.45, 2.75) is 25.5 Å². The molecule has 2 amide bonds. The Bertz CT molecular complexity index is 1380. The highest BCUT2D eigenvalue weighted by Crippen LogP contribution is 2.38.